The largest absolute Gasteiger partial charge is 0.312 e. The molecule has 0 aromatic heterocycles. The Labute approximate surface area is 122 Å². The Kier molecular flexibility index (Phi) is 5.00. The van der Waals surface area contributed by atoms with Crippen LogP contribution in [0.15, 0.2) is 42.5 Å². The molecule has 2 aromatic carbocycles. The number of halogens is 1. The van der Waals surface area contributed by atoms with E-state index >= 15 is 0 Å². The van der Waals surface area contributed by atoms with Crippen molar-refractivity contribution in [3.63, 3.8) is 0 Å². The second-order valence-electron chi connectivity index (χ2n) is 4.88. The van der Waals surface area contributed by atoms with Crippen molar-refractivity contribution in [3.8, 4) is 0 Å². The van der Waals surface area contributed by atoms with E-state index in [1.807, 2.05) is 25.1 Å². The lowest BCUT2D eigenvalue weighted by Gasteiger charge is -2.08. The highest BCUT2D eigenvalue weighted by molar-refractivity contribution is 5.40. The minimum atomic E-state index is -0.488. The lowest BCUT2D eigenvalue weighted by Crippen LogP contribution is -2.18. The zero-order chi connectivity index (χ0) is 15.2. The van der Waals surface area contributed by atoms with Crippen molar-refractivity contribution < 1.29 is 9.31 Å². The van der Waals surface area contributed by atoms with E-state index in [0.717, 1.165) is 12.5 Å². The summed E-state index contributed by atoms with van der Waals surface area (Å²) in [5.74, 6) is -0.462. The van der Waals surface area contributed by atoms with E-state index in [1.165, 1.54) is 23.3 Å². The van der Waals surface area contributed by atoms with Crippen molar-refractivity contribution in [2.24, 2.45) is 0 Å². The number of nitrogens with zero attached hydrogens (tertiary/aromatic N) is 1. The number of nitro groups is 1. The van der Waals surface area contributed by atoms with Crippen molar-refractivity contribution >= 4 is 5.69 Å². The van der Waals surface area contributed by atoms with E-state index in [0.29, 0.717) is 12.1 Å². The van der Waals surface area contributed by atoms with Gasteiger partial charge in [-0.05, 0) is 43.1 Å². The predicted molar refractivity (Wildman–Crippen MR) is 79.6 cm³/mol. The normalized spacial score (nSPS) is 10.6. The van der Waals surface area contributed by atoms with Gasteiger partial charge in [0, 0.05) is 18.2 Å². The quantitative estimate of drug-likeness (QED) is 0.503. The van der Waals surface area contributed by atoms with Gasteiger partial charge in [0.05, 0.1) is 4.92 Å². The third kappa shape index (κ3) is 4.10. The number of nitro benzene ring substituents is 1. The van der Waals surface area contributed by atoms with Crippen molar-refractivity contribution in [2.75, 3.05) is 6.54 Å². The summed E-state index contributed by atoms with van der Waals surface area (Å²) >= 11 is 0. The van der Waals surface area contributed by atoms with E-state index in [9.17, 15) is 14.5 Å². The Hall–Kier alpha value is -2.27. The van der Waals surface area contributed by atoms with Gasteiger partial charge in [-0.2, -0.15) is 0 Å². The maximum absolute atomic E-state index is 13.2. The lowest BCUT2D eigenvalue weighted by molar-refractivity contribution is -0.385. The molecule has 5 heteroatoms. The van der Waals surface area contributed by atoms with Crippen molar-refractivity contribution in [3.05, 3.63) is 75.1 Å². The summed E-state index contributed by atoms with van der Waals surface area (Å²) in [6.07, 6.45) is 0.829. The molecule has 0 fully saturated rings. The number of aryl methyl sites for hydroxylation is 1. The number of rotatable bonds is 6. The Balaban J connectivity index is 1.93. The molecule has 0 aliphatic heterocycles. The van der Waals surface area contributed by atoms with Crippen LogP contribution in [0.25, 0.3) is 0 Å². The van der Waals surface area contributed by atoms with Crippen LogP contribution in [0.4, 0.5) is 10.1 Å². The summed E-state index contributed by atoms with van der Waals surface area (Å²) < 4.78 is 13.2. The van der Waals surface area contributed by atoms with Crippen LogP contribution in [0.3, 0.4) is 0 Å². The Bertz CT molecular complexity index is 644. The zero-order valence-electron chi connectivity index (χ0n) is 11.8. The van der Waals surface area contributed by atoms with Gasteiger partial charge in [-0.25, -0.2) is 4.39 Å². The van der Waals surface area contributed by atoms with Crippen LogP contribution in [0.2, 0.25) is 0 Å². The molecule has 0 amide bonds. The van der Waals surface area contributed by atoms with Gasteiger partial charge >= 0.3 is 0 Å². The number of hydrogen-bond donors (Lipinski definition) is 1. The second kappa shape index (κ2) is 6.95. The van der Waals surface area contributed by atoms with Crippen LogP contribution >= 0.6 is 0 Å². The highest BCUT2D eigenvalue weighted by Crippen LogP contribution is 2.19. The first-order chi connectivity index (χ1) is 10.1. The molecule has 0 unspecified atom stereocenters. The summed E-state index contributed by atoms with van der Waals surface area (Å²) in [4.78, 5) is 10.4. The van der Waals surface area contributed by atoms with Gasteiger partial charge in [-0.3, -0.25) is 10.1 Å². The molecular formula is C16H17FN2O2. The van der Waals surface area contributed by atoms with Crippen LogP contribution in [-0.2, 0) is 13.0 Å². The third-order valence-corrected chi connectivity index (χ3v) is 3.39. The summed E-state index contributed by atoms with van der Waals surface area (Å²) in [6.45, 7) is 3.01. The molecule has 0 aliphatic rings. The first-order valence-corrected chi connectivity index (χ1v) is 6.76. The fourth-order valence-electron chi connectivity index (χ4n) is 2.21. The standard InChI is InChI=1S/C16H17FN2O2/c1-12-4-2-3-5-13(12)8-9-18-11-14-10-15(17)6-7-16(14)19(20)21/h2-7,10,18H,8-9,11H2,1H3. The average Bonchev–Trinajstić information content (AvgIpc) is 2.45. The van der Waals surface area contributed by atoms with Gasteiger partial charge in [0.15, 0.2) is 0 Å². The number of nitrogens with one attached hydrogen (secondary N) is 1. The molecule has 0 spiro atoms. The maximum atomic E-state index is 13.2. The predicted octanol–water partition coefficient (Wildman–Crippen LogP) is 3.37. The van der Waals surface area contributed by atoms with E-state index < -0.39 is 10.7 Å². The van der Waals surface area contributed by atoms with Crippen molar-refractivity contribution in [1.82, 2.24) is 5.32 Å². The Morgan fingerprint density at radius 3 is 2.67 bits per heavy atom. The second-order valence-corrected chi connectivity index (χ2v) is 4.88. The minimum absolute atomic E-state index is 0.0557. The molecule has 21 heavy (non-hydrogen) atoms. The molecule has 0 atom stereocenters. The smallest absolute Gasteiger partial charge is 0.274 e. The van der Waals surface area contributed by atoms with Gasteiger partial charge in [-0.15, -0.1) is 0 Å². The minimum Gasteiger partial charge on any atom is -0.312 e. The van der Waals surface area contributed by atoms with Gasteiger partial charge in [0.1, 0.15) is 5.82 Å². The lowest BCUT2D eigenvalue weighted by atomic mass is 10.1. The molecule has 0 saturated carbocycles. The summed E-state index contributed by atoms with van der Waals surface area (Å²) in [5, 5.41) is 14.0. The summed E-state index contributed by atoms with van der Waals surface area (Å²) in [6, 6.07) is 11.6. The topological polar surface area (TPSA) is 55.2 Å². The molecule has 0 aliphatic carbocycles. The van der Waals surface area contributed by atoms with E-state index in [1.54, 1.807) is 0 Å². The molecular weight excluding hydrogens is 271 g/mol. The average molecular weight is 288 g/mol. The van der Waals surface area contributed by atoms with E-state index in [2.05, 4.69) is 11.4 Å². The number of hydrogen-bond acceptors (Lipinski definition) is 3. The highest BCUT2D eigenvalue weighted by atomic mass is 19.1. The molecule has 2 aromatic rings. The fourth-order valence-corrected chi connectivity index (χ4v) is 2.21. The van der Waals surface area contributed by atoms with E-state index in [4.69, 9.17) is 0 Å². The van der Waals surface area contributed by atoms with Crippen LogP contribution in [0.5, 0.6) is 0 Å². The molecule has 0 bridgehead atoms. The molecule has 110 valence electrons. The molecule has 0 radical (unpaired) electrons. The van der Waals surface area contributed by atoms with Gasteiger partial charge in [-0.1, -0.05) is 24.3 Å². The molecule has 1 N–H and O–H groups in total. The van der Waals surface area contributed by atoms with Crippen molar-refractivity contribution in [2.45, 2.75) is 19.9 Å². The van der Waals surface area contributed by atoms with Crippen LogP contribution < -0.4 is 5.32 Å². The fraction of sp³-hybridized carbons (Fsp3) is 0.250. The highest BCUT2D eigenvalue weighted by Gasteiger charge is 2.13. The van der Waals surface area contributed by atoms with Crippen LogP contribution in [-0.4, -0.2) is 11.5 Å². The van der Waals surface area contributed by atoms with Crippen LogP contribution in [0.1, 0.15) is 16.7 Å². The molecule has 4 nitrogen and oxygen atoms in total. The molecule has 0 heterocycles. The zero-order valence-corrected chi connectivity index (χ0v) is 11.8. The Morgan fingerprint density at radius 2 is 1.95 bits per heavy atom. The summed E-state index contributed by atoms with van der Waals surface area (Å²) in [7, 11) is 0. The van der Waals surface area contributed by atoms with Crippen LogP contribution in [0, 0.1) is 22.9 Å². The van der Waals surface area contributed by atoms with Gasteiger partial charge < -0.3 is 5.32 Å². The first kappa shape index (κ1) is 15.1. The van der Waals surface area contributed by atoms with Crippen molar-refractivity contribution in [1.29, 1.82) is 0 Å². The molecule has 0 saturated heterocycles. The van der Waals surface area contributed by atoms with Gasteiger partial charge in [0.25, 0.3) is 5.69 Å². The molecule has 2 rings (SSSR count). The first-order valence-electron chi connectivity index (χ1n) is 6.76. The third-order valence-electron chi connectivity index (χ3n) is 3.39. The van der Waals surface area contributed by atoms with E-state index in [-0.39, 0.29) is 12.2 Å². The number of benzene rings is 2. The van der Waals surface area contributed by atoms with Gasteiger partial charge in [0.2, 0.25) is 0 Å². The summed E-state index contributed by atoms with van der Waals surface area (Å²) in [5.41, 5.74) is 2.76. The maximum Gasteiger partial charge on any atom is 0.274 e. The monoisotopic (exact) mass is 288 g/mol. The Morgan fingerprint density at radius 1 is 1.19 bits per heavy atom. The SMILES string of the molecule is Cc1ccccc1CCNCc1cc(F)ccc1[N+](=O)[O-].